The Morgan fingerprint density at radius 3 is 2.67 bits per heavy atom. The van der Waals surface area contributed by atoms with E-state index in [2.05, 4.69) is 15.9 Å². The lowest BCUT2D eigenvalue weighted by molar-refractivity contribution is -0.0605. The van der Waals surface area contributed by atoms with Gasteiger partial charge in [-0.05, 0) is 47.7 Å². The van der Waals surface area contributed by atoms with Crippen molar-refractivity contribution in [1.82, 2.24) is 0 Å². The van der Waals surface area contributed by atoms with E-state index in [1.165, 1.54) is 0 Å². The van der Waals surface area contributed by atoms with Gasteiger partial charge in [-0.1, -0.05) is 0 Å². The molecule has 1 fully saturated rings. The summed E-state index contributed by atoms with van der Waals surface area (Å²) in [4.78, 5) is 0. The van der Waals surface area contributed by atoms with Crippen LogP contribution in [0.25, 0.3) is 0 Å². The molecule has 0 unspecified atom stereocenters. The molecule has 0 amide bonds. The first-order valence-corrected chi connectivity index (χ1v) is 5.93. The second kappa shape index (κ2) is 4.28. The van der Waals surface area contributed by atoms with Crippen molar-refractivity contribution >= 4 is 15.9 Å². The first kappa shape index (κ1) is 11.2. The summed E-state index contributed by atoms with van der Waals surface area (Å²) in [6.45, 7) is 0. The molecular weight excluding hydrogens is 260 g/mol. The van der Waals surface area contributed by atoms with Crippen molar-refractivity contribution in [1.29, 1.82) is 0 Å². The molecule has 3 nitrogen and oxygen atoms in total. The van der Waals surface area contributed by atoms with Gasteiger partial charge in [-0.2, -0.15) is 0 Å². The Morgan fingerprint density at radius 2 is 2.20 bits per heavy atom. The average Bonchev–Trinajstić information content (AvgIpc) is 2.66. The molecule has 0 radical (unpaired) electrons. The third-order valence-electron chi connectivity index (χ3n) is 3.13. The molecule has 1 aromatic rings. The predicted molar refractivity (Wildman–Crippen MR) is 59.6 cm³/mol. The second-order valence-electron chi connectivity index (χ2n) is 4.06. The molecule has 1 aromatic heterocycles. The van der Waals surface area contributed by atoms with E-state index in [0.717, 1.165) is 17.3 Å². The molecule has 1 saturated carbocycles. The molecule has 0 aromatic carbocycles. The molecule has 1 aliphatic rings. The van der Waals surface area contributed by atoms with Crippen molar-refractivity contribution in [3.05, 3.63) is 22.6 Å². The lowest BCUT2D eigenvalue weighted by atomic mass is 9.81. The molecule has 84 valence electrons. The minimum Gasteiger partial charge on any atom is -0.465 e. The van der Waals surface area contributed by atoms with Gasteiger partial charge in [-0.15, -0.1) is 0 Å². The van der Waals surface area contributed by atoms with Gasteiger partial charge < -0.3 is 14.3 Å². The summed E-state index contributed by atoms with van der Waals surface area (Å²) in [6.07, 6.45) is 5.01. The van der Waals surface area contributed by atoms with Crippen LogP contribution in [-0.2, 0) is 10.3 Å². The van der Waals surface area contributed by atoms with Gasteiger partial charge in [-0.3, -0.25) is 0 Å². The zero-order valence-electron chi connectivity index (χ0n) is 8.70. The van der Waals surface area contributed by atoms with Crippen molar-refractivity contribution in [3.8, 4) is 0 Å². The molecule has 2 rings (SSSR count). The lowest BCUT2D eigenvalue weighted by Gasteiger charge is -2.34. The maximum atomic E-state index is 10.4. The van der Waals surface area contributed by atoms with Crippen LogP contribution in [0.5, 0.6) is 0 Å². The van der Waals surface area contributed by atoms with Gasteiger partial charge in [0.2, 0.25) is 0 Å². The quantitative estimate of drug-likeness (QED) is 0.902. The number of halogens is 1. The average molecular weight is 275 g/mol. The van der Waals surface area contributed by atoms with Crippen molar-refractivity contribution in [3.63, 3.8) is 0 Å². The van der Waals surface area contributed by atoms with E-state index in [9.17, 15) is 5.11 Å². The predicted octanol–water partition coefficient (Wildman–Crippen LogP) is 2.82. The van der Waals surface area contributed by atoms with Crippen LogP contribution >= 0.6 is 15.9 Å². The van der Waals surface area contributed by atoms with E-state index in [-0.39, 0.29) is 6.10 Å². The fraction of sp³-hybridized carbons (Fsp3) is 0.636. The van der Waals surface area contributed by atoms with Gasteiger partial charge in [-0.25, -0.2) is 0 Å². The second-order valence-corrected chi connectivity index (χ2v) is 4.92. The Bertz CT molecular complexity index is 326. The number of methoxy groups -OCH3 is 1. The Labute approximate surface area is 97.5 Å². The lowest BCUT2D eigenvalue weighted by Crippen LogP contribution is -2.33. The molecule has 4 heteroatoms. The van der Waals surface area contributed by atoms with Crippen molar-refractivity contribution in [2.45, 2.75) is 37.4 Å². The van der Waals surface area contributed by atoms with Crippen molar-refractivity contribution in [2.75, 3.05) is 7.11 Å². The number of rotatable bonds is 2. The molecule has 15 heavy (non-hydrogen) atoms. The molecule has 1 N–H and O–H groups in total. The summed E-state index contributed by atoms with van der Waals surface area (Å²) in [5.41, 5.74) is -0.822. The molecular formula is C11H15BrO3. The number of ether oxygens (including phenoxy) is 1. The van der Waals surface area contributed by atoms with E-state index in [1.54, 1.807) is 13.4 Å². The first-order chi connectivity index (χ1) is 7.15. The molecule has 0 saturated heterocycles. The van der Waals surface area contributed by atoms with Gasteiger partial charge in [0, 0.05) is 7.11 Å². The van der Waals surface area contributed by atoms with Crippen LogP contribution < -0.4 is 0 Å². The summed E-state index contributed by atoms with van der Waals surface area (Å²) in [6, 6.07) is 1.82. The van der Waals surface area contributed by atoms with Crippen LogP contribution in [0, 0.1) is 0 Å². The fourth-order valence-electron chi connectivity index (χ4n) is 2.16. The Balaban J connectivity index is 2.13. The van der Waals surface area contributed by atoms with Crippen molar-refractivity contribution in [2.24, 2.45) is 0 Å². The number of aliphatic hydroxyl groups is 1. The zero-order valence-corrected chi connectivity index (χ0v) is 10.3. The molecule has 0 spiro atoms. The van der Waals surface area contributed by atoms with Gasteiger partial charge in [0.15, 0.2) is 0 Å². The van der Waals surface area contributed by atoms with Gasteiger partial charge >= 0.3 is 0 Å². The van der Waals surface area contributed by atoms with Gasteiger partial charge in [0.1, 0.15) is 11.4 Å². The zero-order chi connectivity index (χ0) is 10.9. The van der Waals surface area contributed by atoms with E-state index in [1.807, 2.05) is 6.07 Å². The van der Waals surface area contributed by atoms with E-state index < -0.39 is 5.60 Å². The van der Waals surface area contributed by atoms with Crippen LogP contribution in [0.4, 0.5) is 0 Å². The maximum Gasteiger partial charge on any atom is 0.149 e. The summed E-state index contributed by atoms with van der Waals surface area (Å²) in [5.74, 6) is 0.650. The van der Waals surface area contributed by atoms with E-state index >= 15 is 0 Å². The first-order valence-electron chi connectivity index (χ1n) is 5.14. The minimum absolute atomic E-state index is 0.277. The molecule has 0 atom stereocenters. The van der Waals surface area contributed by atoms with Gasteiger partial charge in [0.25, 0.3) is 0 Å². The standard InChI is InChI=1S/C11H15BrO3/c1-14-8-2-5-11(13,6-3-8)10-9(12)4-7-15-10/h4,7-8,13H,2-3,5-6H2,1H3. The summed E-state index contributed by atoms with van der Waals surface area (Å²) in [7, 11) is 1.72. The molecule has 1 aliphatic carbocycles. The van der Waals surface area contributed by atoms with E-state index in [0.29, 0.717) is 18.6 Å². The highest BCUT2D eigenvalue weighted by Crippen LogP contribution is 2.41. The Kier molecular flexibility index (Phi) is 3.19. The van der Waals surface area contributed by atoms with Gasteiger partial charge in [0.05, 0.1) is 16.8 Å². The summed E-state index contributed by atoms with van der Waals surface area (Å²) < 4.78 is 11.5. The van der Waals surface area contributed by atoms with Crippen LogP contribution in [0.3, 0.4) is 0 Å². The molecule has 1 heterocycles. The monoisotopic (exact) mass is 274 g/mol. The van der Waals surface area contributed by atoms with Crippen LogP contribution in [0.2, 0.25) is 0 Å². The Hall–Kier alpha value is -0.320. The number of furan rings is 1. The Morgan fingerprint density at radius 1 is 1.53 bits per heavy atom. The normalized spacial score (nSPS) is 31.8. The molecule has 0 bridgehead atoms. The summed E-state index contributed by atoms with van der Waals surface area (Å²) >= 11 is 3.38. The number of hydrogen-bond donors (Lipinski definition) is 1. The van der Waals surface area contributed by atoms with Crippen LogP contribution in [0.1, 0.15) is 31.4 Å². The highest BCUT2D eigenvalue weighted by Gasteiger charge is 2.38. The van der Waals surface area contributed by atoms with Crippen LogP contribution in [-0.4, -0.2) is 18.3 Å². The van der Waals surface area contributed by atoms with Crippen molar-refractivity contribution < 1.29 is 14.3 Å². The van der Waals surface area contributed by atoms with E-state index in [4.69, 9.17) is 9.15 Å². The van der Waals surface area contributed by atoms with Crippen LogP contribution in [0.15, 0.2) is 21.2 Å². The SMILES string of the molecule is COC1CCC(O)(c2occc2Br)CC1. The fourth-order valence-corrected chi connectivity index (χ4v) is 2.73. The highest BCUT2D eigenvalue weighted by molar-refractivity contribution is 9.10. The highest BCUT2D eigenvalue weighted by atomic mass is 79.9. The minimum atomic E-state index is -0.822. The number of hydrogen-bond acceptors (Lipinski definition) is 3. The maximum absolute atomic E-state index is 10.4. The molecule has 0 aliphatic heterocycles. The topological polar surface area (TPSA) is 42.6 Å². The summed E-state index contributed by atoms with van der Waals surface area (Å²) in [5, 5.41) is 10.4. The largest absolute Gasteiger partial charge is 0.465 e. The smallest absolute Gasteiger partial charge is 0.149 e. The third kappa shape index (κ3) is 2.12. The third-order valence-corrected chi connectivity index (χ3v) is 3.76.